The van der Waals surface area contributed by atoms with E-state index in [0.29, 0.717) is 23.3 Å². The van der Waals surface area contributed by atoms with Gasteiger partial charge in [-0.25, -0.2) is 4.57 Å². The minimum atomic E-state index is -0.654. The Balaban J connectivity index is 2.06. The van der Waals surface area contributed by atoms with Gasteiger partial charge in [0.05, 0.1) is 5.69 Å². The molecule has 11 nitrogen and oxygen atoms in total. The molecule has 0 bridgehead atoms. The van der Waals surface area contributed by atoms with Crippen LogP contribution in [0.25, 0.3) is 0 Å². The third kappa shape index (κ3) is 3.83. The zero-order chi connectivity index (χ0) is 20.4. The van der Waals surface area contributed by atoms with Gasteiger partial charge in [-0.15, -0.1) is 10.2 Å². The lowest BCUT2D eigenvalue weighted by molar-refractivity contribution is 0.0921. The van der Waals surface area contributed by atoms with Crippen LogP contribution in [0, 0.1) is 0 Å². The van der Waals surface area contributed by atoms with E-state index in [0.717, 1.165) is 20.0 Å². The molecule has 0 amide bonds. The van der Waals surface area contributed by atoms with Gasteiger partial charge in [0.2, 0.25) is 23.4 Å². The van der Waals surface area contributed by atoms with Gasteiger partial charge in [0.25, 0.3) is 5.56 Å². The first kappa shape index (κ1) is 19.4. The summed E-state index contributed by atoms with van der Waals surface area (Å²) >= 11 is 0. The lowest BCUT2D eigenvalue weighted by Crippen LogP contribution is -2.45. The summed E-state index contributed by atoms with van der Waals surface area (Å²) in [7, 11) is 1.99. The maximum Gasteiger partial charge on any atom is 0.262 e. The van der Waals surface area contributed by atoms with E-state index in [1.165, 1.54) is 19.1 Å². The number of carbonyl (C=O) groups is 2. The molecule has 1 fully saturated rings. The van der Waals surface area contributed by atoms with Crippen molar-refractivity contribution in [2.24, 2.45) is 10.2 Å². The van der Waals surface area contributed by atoms with Crippen molar-refractivity contribution in [1.82, 2.24) is 14.6 Å². The third-order valence-electron chi connectivity index (χ3n) is 4.40. The minimum Gasteiger partial charge on any atom is -0.492 e. The molecule has 3 heterocycles. The summed E-state index contributed by atoms with van der Waals surface area (Å²) in [5.74, 6) is -1.53. The highest BCUT2D eigenvalue weighted by atomic mass is 16.5. The van der Waals surface area contributed by atoms with Crippen LogP contribution in [0.1, 0.15) is 29.2 Å². The molecule has 0 spiro atoms. The lowest BCUT2D eigenvalue weighted by atomic mass is 10.2. The quantitative estimate of drug-likeness (QED) is 0.616. The average molecular weight is 388 g/mol. The van der Waals surface area contributed by atoms with Gasteiger partial charge in [0.15, 0.2) is 11.5 Å². The molecule has 1 aliphatic rings. The Morgan fingerprint density at radius 2 is 1.82 bits per heavy atom. The number of azo groups is 1. The van der Waals surface area contributed by atoms with E-state index in [2.05, 4.69) is 20.3 Å². The first-order valence-corrected chi connectivity index (χ1v) is 8.60. The molecule has 0 atom stereocenters. The van der Waals surface area contributed by atoms with Crippen LogP contribution in [-0.4, -0.2) is 64.6 Å². The Bertz CT molecular complexity index is 1000. The summed E-state index contributed by atoms with van der Waals surface area (Å²) < 4.78 is 5.47. The monoisotopic (exact) mass is 388 g/mol. The number of anilines is 1. The number of ketones is 1. The summed E-state index contributed by atoms with van der Waals surface area (Å²) in [6.07, 6.45) is 0. The van der Waals surface area contributed by atoms with Crippen molar-refractivity contribution in [3.63, 3.8) is 0 Å². The molecule has 1 N–H and O–H groups in total. The number of likely N-dealkylation sites (N-methyl/N-ethyl adjacent to an activating group) is 1. The maximum atomic E-state index is 12.3. The van der Waals surface area contributed by atoms with Crippen LogP contribution in [0.3, 0.4) is 0 Å². The van der Waals surface area contributed by atoms with Gasteiger partial charge in [-0.2, -0.15) is 0 Å². The molecule has 1 aliphatic heterocycles. The molecular formula is C17H20N6O5. The van der Waals surface area contributed by atoms with E-state index in [4.69, 9.17) is 4.52 Å². The van der Waals surface area contributed by atoms with Crippen LogP contribution in [0.15, 0.2) is 31.7 Å². The van der Waals surface area contributed by atoms with Crippen molar-refractivity contribution in [2.45, 2.75) is 13.8 Å². The number of hydrogen-bond donors (Lipinski definition) is 1. The normalized spacial score (nSPS) is 15.3. The van der Waals surface area contributed by atoms with Crippen LogP contribution in [-0.2, 0) is 0 Å². The molecule has 11 heteroatoms. The number of aromatic nitrogens is 2. The molecule has 2 aromatic heterocycles. The molecule has 0 unspecified atom stereocenters. The number of pyridine rings is 1. The summed E-state index contributed by atoms with van der Waals surface area (Å²) in [5.41, 5.74) is -0.322. The van der Waals surface area contributed by atoms with E-state index < -0.39 is 17.3 Å². The van der Waals surface area contributed by atoms with E-state index >= 15 is 0 Å². The van der Waals surface area contributed by atoms with Gasteiger partial charge >= 0.3 is 0 Å². The highest BCUT2D eigenvalue weighted by Crippen LogP contribution is 2.37. The molecule has 0 radical (unpaired) electrons. The van der Waals surface area contributed by atoms with Gasteiger partial charge in [-0.1, -0.05) is 5.16 Å². The SMILES string of the molecule is CC(=O)c1cc(N=Nc2c(N3CCN(C)CC3)cc(=O)n(C(C)=O)c2O)no1. The summed E-state index contributed by atoms with van der Waals surface area (Å²) in [4.78, 5) is 39.4. The first-order chi connectivity index (χ1) is 13.3. The van der Waals surface area contributed by atoms with Gasteiger partial charge < -0.3 is 19.4 Å². The van der Waals surface area contributed by atoms with Crippen LogP contribution < -0.4 is 10.5 Å². The molecule has 148 valence electrons. The minimum absolute atomic E-state index is 0.0196. The summed E-state index contributed by atoms with van der Waals surface area (Å²) in [6.45, 7) is 5.23. The highest BCUT2D eigenvalue weighted by molar-refractivity contribution is 5.91. The second-order valence-corrected chi connectivity index (χ2v) is 6.49. The summed E-state index contributed by atoms with van der Waals surface area (Å²) in [6, 6.07) is 2.56. The second-order valence-electron chi connectivity index (χ2n) is 6.49. The largest absolute Gasteiger partial charge is 0.492 e. The number of rotatable bonds is 4. The van der Waals surface area contributed by atoms with E-state index in [-0.39, 0.29) is 23.0 Å². The van der Waals surface area contributed by atoms with Crippen molar-refractivity contribution < 1.29 is 19.2 Å². The molecular weight excluding hydrogens is 368 g/mol. The Hall–Kier alpha value is -3.34. The van der Waals surface area contributed by atoms with Crippen LogP contribution in [0.5, 0.6) is 5.88 Å². The predicted octanol–water partition coefficient (Wildman–Crippen LogP) is 1.57. The lowest BCUT2D eigenvalue weighted by Gasteiger charge is -2.34. The highest BCUT2D eigenvalue weighted by Gasteiger charge is 2.24. The van der Waals surface area contributed by atoms with Crippen LogP contribution in [0.4, 0.5) is 17.2 Å². The Kier molecular flexibility index (Phi) is 5.36. The second kappa shape index (κ2) is 7.72. The van der Waals surface area contributed by atoms with E-state index in [9.17, 15) is 19.5 Å². The Morgan fingerprint density at radius 3 is 2.39 bits per heavy atom. The van der Waals surface area contributed by atoms with Crippen molar-refractivity contribution in [2.75, 3.05) is 38.1 Å². The fourth-order valence-corrected chi connectivity index (χ4v) is 2.84. The summed E-state index contributed by atoms with van der Waals surface area (Å²) in [5, 5.41) is 22.0. The number of piperazine rings is 1. The fourth-order valence-electron chi connectivity index (χ4n) is 2.84. The molecule has 3 rings (SSSR count). The topological polar surface area (TPSA) is 134 Å². The number of Topliss-reactive ketones (excluding diaryl/α,β-unsaturated/α-hetero) is 1. The van der Waals surface area contributed by atoms with E-state index in [1.54, 1.807) is 0 Å². The number of hydrogen-bond acceptors (Lipinski definition) is 10. The van der Waals surface area contributed by atoms with E-state index in [1.807, 2.05) is 11.9 Å². The molecule has 0 aliphatic carbocycles. The van der Waals surface area contributed by atoms with Gasteiger partial charge in [-0.3, -0.25) is 14.4 Å². The van der Waals surface area contributed by atoms with Crippen molar-refractivity contribution >= 4 is 28.9 Å². The fraction of sp³-hybridized carbons (Fsp3) is 0.412. The predicted molar refractivity (Wildman–Crippen MR) is 99.1 cm³/mol. The molecule has 0 aromatic carbocycles. The third-order valence-corrected chi connectivity index (χ3v) is 4.40. The Morgan fingerprint density at radius 1 is 1.14 bits per heavy atom. The van der Waals surface area contributed by atoms with Gasteiger partial charge in [0.1, 0.15) is 0 Å². The van der Waals surface area contributed by atoms with Crippen LogP contribution in [0.2, 0.25) is 0 Å². The first-order valence-electron chi connectivity index (χ1n) is 8.60. The smallest absolute Gasteiger partial charge is 0.262 e. The van der Waals surface area contributed by atoms with Crippen molar-refractivity contribution in [1.29, 1.82) is 0 Å². The Labute approximate surface area is 159 Å². The molecule has 1 saturated heterocycles. The number of aromatic hydroxyl groups is 1. The zero-order valence-electron chi connectivity index (χ0n) is 15.7. The molecule has 2 aromatic rings. The van der Waals surface area contributed by atoms with Crippen molar-refractivity contribution in [3.8, 4) is 5.88 Å². The maximum absolute atomic E-state index is 12.3. The molecule has 0 saturated carbocycles. The number of carbonyl (C=O) groups excluding carboxylic acids is 2. The number of nitrogens with zero attached hydrogens (tertiary/aromatic N) is 6. The van der Waals surface area contributed by atoms with Crippen LogP contribution >= 0.6 is 0 Å². The standard InChI is InChI=1S/C17H20N6O5/c1-10(24)13-9-14(20-28-13)18-19-16-12(22-6-4-21(3)5-7-22)8-15(26)23(11(2)25)17(16)27/h8-9,27H,4-7H2,1-3H3. The molecule has 28 heavy (non-hydrogen) atoms. The zero-order valence-corrected chi connectivity index (χ0v) is 15.7. The van der Waals surface area contributed by atoms with Gasteiger partial charge in [0, 0.05) is 52.2 Å². The van der Waals surface area contributed by atoms with Gasteiger partial charge in [-0.05, 0) is 7.05 Å². The average Bonchev–Trinajstić information content (AvgIpc) is 3.10. The van der Waals surface area contributed by atoms with Crippen molar-refractivity contribution in [3.05, 3.63) is 28.2 Å².